The van der Waals surface area contributed by atoms with E-state index in [1.165, 1.54) is 42.2 Å². The number of benzene rings is 2. The van der Waals surface area contributed by atoms with E-state index in [9.17, 15) is 58.6 Å². The number of hydrogen-bond donors (Lipinski definition) is 10. The summed E-state index contributed by atoms with van der Waals surface area (Å²) < 4.78 is 0. The monoisotopic (exact) mass is 1100 g/mol. The number of nitro groups is 2. The minimum Gasteiger partial charge on any atom is -0.387 e. The largest absolute Gasteiger partial charge is 0.387 e. The standard InChI is InChI=1S/C51H72N14O12S/c1-5-35(58-49(71)38(24-31-14-7-6-8-15-31)61-51(73)42-19-13-23-63(42)41-21-20-33(64(74)75)26-43(41)65(76)77)47(69)62-40(28-78-4)50(72)60-39(25-32-27-54-29-56-32)48(70)57-30(2)45(67)59-37(44(52)66)18-11-12-22-55-46(68)34-16-9-10-17-36(34)53-3/h9-10,16-17,20-21,26-27,29-31,35,37-40,42,53H,5-8,11-15,18-19,22-25,28H2,1-4H3,(H2,52,66)(H,54,56)(H,55,68)(H,57,70)(H,58,71)(H,59,67)(H,60,72)(H,61,73)(H,62,69)/t30-,35-,37-,38-,39-,40-,42-/m0/s1. The summed E-state index contributed by atoms with van der Waals surface area (Å²) in [6.07, 6.45) is 11.0. The molecule has 78 heavy (non-hydrogen) atoms. The van der Waals surface area contributed by atoms with Crippen molar-refractivity contribution in [1.82, 2.24) is 47.2 Å². The van der Waals surface area contributed by atoms with Gasteiger partial charge in [-0.05, 0) is 82.2 Å². The van der Waals surface area contributed by atoms with Gasteiger partial charge in [0, 0.05) is 56.0 Å². The maximum absolute atomic E-state index is 14.3. The van der Waals surface area contributed by atoms with E-state index in [1.54, 1.807) is 44.5 Å². The second-order valence-electron chi connectivity index (χ2n) is 19.4. The van der Waals surface area contributed by atoms with Gasteiger partial charge in [-0.15, -0.1) is 0 Å². The lowest BCUT2D eigenvalue weighted by molar-refractivity contribution is -0.393. The lowest BCUT2D eigenvalue weighted by Gasteiger charge is -2.31. The SMILES string of the molecule is CC[C@H](NC(=O)[C@H](CC1CCCCC1)NC(=O)[C@@H]1CCCN1c1ccc([N+](=O)[O-])cc1[N+](=O)[O-])C(=O)N[C@@H](CSC)C(=O)N[C@@H](Cc1cnc[nH]1)C(=O)N[C@@H](C)C(=O)N[C@@H](CCCCNC(=O)c1ccccc1NC)C(N)=O. The summed E-state index contributed by atoms with van der Waals surface area (Å²) in [4.78, 5) is 139. The van der Waals surface area contributed by atoms with Crippen LogP contribution >= 0.6 is 11.8 Å². The normalized spacial score (nSPS) is 16.7. The van der Waals surface area contributed by atoms with Gasteiger partial charge in [0.15, 0.2) is 0 Å². The number of nitrogens with zero attached hydrogens (tertiary/aromatic N) is 4. The Hall–Kier alpha value is -7.84. The summed E-state index contributed by atoms with van der Waals surface area (Å²) in [5, 5.41) is 45.4. The summed E-state index contributed by atoms with van der Waals surface area (Å²) in [7, 11) is 1.71. The molecule has 2 heterocycles. The van der Waals surface area contributed by atoms with E-state index in [2.05, 4.69) is 52.5 Å². The van der Waals surface area contributed by atoms with Gasteiger partial charge >= 0.3 is 0 Å². The zero-order valence-electron chi connectivity index (χ0n) is 44.3. The van der Waals surface area contributed by atoms with Crippen molar-refractivity contribution in [2.75, 3.05) is 42.4 Å². The predicted molar refractivity (Wildman–Crippen MR) is 291 cm³/mol. The number of nitrogens with one attached hydrogen (secondary N) is 9. The molecule has 27 heteroatoms. The molecule has 0 radical (unpaired) electrons. The first-order valence-corrected chi connectivity index (χ1v) is 27.6. The first kappa shape index (κ1) is 61.0. The van der Waals surface area contributed by atoms with E-state index in [-0.39, 0.29) is 61.9 Å². The minimum atomic E-state index is -1.31. The molecule has 1 aliphatic carbocycles. The molecule has 3 aromatic rings. The number of imidazole rings is 1. The van der Waals surface area contributed by atoms with Crippen LogP contribution in [0.4, 0.5) is 22.7 Å². The lowest BCUT2D eigenvalue weighted by Crippen LogP contribution is -2.60. The predicted octanol–water partition coefficient (Wildman–Crippen LogP) is 2.24. The number of non-ortho nitro benzene ring substituents is 1. The first-order chi connectivity index (χ1) is 37.3. The molecule has 1 aromatic heterocycles. The molecule has 1 saturated carbocycles. The molecule has 0 spiro atoms. The van der Waals surface area contributed by atoms with Crippen LogP contribution < -0.4 is 53.2 Å². The highest BCUT2D eigenvalue weighted by Crippen LogP contribution is 2.36. The van der Waals surface area contributed by atoms with Crippen molar-refractivity contribution in [2.24, 2.45) is 11.7 Å². The Morgan fingerprint density at radius 2 is 1.46 bits per heavy atom. The third-order valence-corrected chi connectivity index (χ3v) is 14.5. The number of thioether (sulfide) groups is 1. The maximum atomic E-state index is 14.3. The molecule has 26 nitrogen and oxygen atoms in total. The highest BCUT2D eigenvalue weighted by atomic mass is 32.2. The summed E-state index contributed by atoms with van der Waals surface area (Å²) in [6, 6.07) is 2.12. The molecule has 2 aromatic carbocycles. The number of unbranched alkanes of at least 4 members (excludes halogenated alkanes) is 1. The Labute approximate surface area is 455 Å². The summed E-state index contributed by atoms with van der Waals surface area (Å²) in [5.74, 6) is -5.20. The van der Waals surface area contributed by atoms with Crippen LogP contribution in [0, 0.1) is 26.1 Å². The van der Waals surface area contributed by atoms with Crippen molar-refractivity contribution >= 4 is 81.8 Å². The quantitative estimate of drug-likeness (QED) is 0.0260. The van der Waals surface area contributed by atoms with Crippen molar-refractivity contribution in [3.8, 4) is 0 Å². The molecule has 11 N–H and O–H groups in total. The smallest absolute Gasteiger partial charge is 0.299 e. The molecule has 1 aliphatic heterocycles. The highest BCUT2D eigenvalue weighted by Gasteiger charge is 2.39. The third-order valence-electron chi connectivity index (χ3n) is 13.8. The molecule has 424 valence electrons. The van der Waals surface area contributed by atoms with Crippen molar-refractivity contribution < 1.29 is 48.2 Å². The third kappa shape index (κ3) is 17.6. The second kappa shape index (κ2) is 30.2. The van der Waals surface area contributed by atoms with E-state index in [0.717, 1.165) is 44.2 Å². The fourth-order valence-corrected chi connectivity index (χ4v) is 10.1. The van der Waals surface area contributed by atoms with Crippen LogP contribution in [-0.4, -0.2) is 142 Å². The maximum Gasteiger partial charge on any atom is 0.299 e. The number of amides is 8. The van der Waals surface area contributed by atoms with Crippen LogP contribution in [0.3, 0.4) is 0 Å². The fourth-order valence-electron chi connectivity index (χ4n) is 9.57. The van der Waals surface area contributed by atoms with Gasteiger partial charge in [0.25, 0.3) is 17.3 Å². The van der Waals surface area contributed by atoms with Crippen LogP contribution in [0.2, 0.25) is 0 Å². The molecule has 0 unspecified atom stereocenters. The van der Waals surface area contributed by atoms with Crippen molar-refractivity contribution in [3.05, 3.63) is 86.5 Å². The number of aromatic amines is 1. The molecular formula is C51H72N14O12S. The Morgan fingerprint density at radius 1 is 0.795 bits per heavy atom. The van der Waals surface area contributed by atoms with Crippen molar-refractivity contribution in [1.29, 1.82) is 0 Å². The Morgan fingerprint density at radius 3 is 2.12 bits per heavy atom. The van der Waals surface area contributed by atoms with Gasteiger partial charge in [-0.1, -0.05) is 51.2 Å². The number of nitrogens with two attached hydrogens (primary N) is 1. The molecule has 2 aliphatic rings. The van der Waals surface area contributed by atoms with Gasteiger partial charge in [0.2, 0.25) is 41.4 Å². The van der Waals surface area contributed by atoms with Crippen LogP contribution in [0.15, 0.2) is 55.0 Å². The number of primary amides is 1. The zero-order chi connectivity index (χ0) is 56.9. The van der Waals surface area contributed by atoms with E-state index in [0.29, 0.717) is 42.8 Å². The van der Waals surface area contributed by atoms with Gasteiger partial charge in [-0.3, -0.25) is 58.6 Å². The minimum absolute atomic E-state index is 0.0282. The number of para-hydroxylation sites is 1. The zero-order valence-corrected chi connectivity index (χ0v) is 45.1. The van der Waals surface area contributed by atoms with Crippen molar-refractivity contribution in [3.63, 3.8) is 0 Å². The molecule has 5 rings (SSSR count). The van der Waals surface area contributed by atoms with Gasteiger partial charge < -0.3 is 58.2 Å². The Bertz CT molecular complexity index is 2600. The van der Waals surface area contributed by atoms with E-state index in [1.807, 2.05) is 0 Å². The van der Waals surface area contributed by atoms with Gasteiger partial charge in [0.05, 0.1) is 27.8 Å². The molecule has 0 bridgehead atoms. The molecule has 1 saturated heterocycles. The first-order valence-electron chi connectivity index (χ1n) is 26.2. The summed E-state index contributed by atoms with van der Waals surface area (Å²) >= 11 is 1.22. The number of nitro benzene ring substituents is 2. The molecule has 7 atom stereocenters. The number of carbonyl (C=O) groups is 8. The van der Waals surface area contributed by atoms with E-state index < -0.39 is 105 Å². The average Bonchev–Trinajstić information content (AvgIpc) is 4.23. The van der Waals surface area contributed by atoms with Gasteiger partial charge in [-0.25, -0.2) is 4.98 Å². The average molecular weight is 1110 g/mol. The summed E-state index contributed by atoms with van der Waals surface area (Å²) in [5.41, 5.74) is 6.23. The number of aromatic nitrogens is 2. The second-order valence-corrected chi connectivity index (χ2v) is 20.3. The van der Waals surface area contributed by atoms with Gasteiger partial charge in [-0.2, -0.15) is 11.8 Å². The Balaban J connectivity index is 1.21. The van der Waals surface area contributed by atoms with Crippen molar-refractivity contribution in [2.45, 2.75) is 140 Å². The van der Waals surface area contributed by atoms with E-state index in [4.69, 9.17) is 5.73 Å². The number of rotatable bonds is 30. The number of carbonyl (C=O) groups excluding carboxylic acids is 8. The highest BCUT2D eigenvalue weighted by molar-refractivity contribution is 7.98. The molecular weight excluding hydrogens is 1030 g/mol. The van der Waals surface area contributed by atoms with Crippen LogP contribution in [0.5, 0.6) is 0 Å². The fraction of sp³-hybridized carbons (Fsp3) is 0.549. The van der Waals surface area contributed by atoms with E-state index >= 15 is 0 Å². The van der Waals surface area contributed by atoms with Crippen LogP contribution in [0.25, 0.3) is 0 Å². The van der Waals surface area contributed by atoms with Gasteiger partial charge in [0.1, 0.15) is 48.0 Å². The lowest BCUT2D eigenvalue weighted by atomic mass is 9.84. The Kier molecular flexibility index (Phi) is 23.6. The summed E-state index contributed by atoms with van der Waals surface area (Å²) in [6.45, 7) is 3.57. The number of hydrogen-bond acceptors (Lipinski definition) is 16. The van der Waals surface area contributed by atoms with Crippen LogP contribution in [0.1, 0.15) is 107 Å². The number of H-pyrrole nitrogens is 1. The number of anilines is 2. The topological polar surface area (TPSA) is 377 Å². The van der Waals surface area contributed by atoms with Crippen LogP contribution in [-0.2, 0) is 40.0 Å². The molecule has 8 amide bonds. The molecule has 2 fully saturated rings.